The summed E-state index contributed by atoms with van der Waals surface area (Å²) in [6.07, 6.45) is 9.26. The van der Waals surface area contributed by atoms with E-state index in [1.807, 2.05) is 0 Å². The number of carbonyl (C=O) groups is 1. The molecule has 2 fully saturated rings. The molecule has 2 bridgehead atoms. The number of aliphatic carboxylic acids is 1. The van der Waals surface area contributed by atoms with Crippen molar-refractivity contribution in [2.75, 3.05) is 0 Å². The summed E-state index contributed by atoms with van der Waals surface area (Å²) in [5.74, 6) is 2.13. The quantitative estimate of drug-likeness (QED) is 0.800. The van der Waals surface area contributed by atoms with Gasteiger partial charge in [0.1, 0.15) is 0 Å². The van der Waals surface area contributed by atoms with Gasteiger partial charge in [0.25, 0.3) is 0 Å². The maximum Gasteiger partial charge on any atom is 0.303 e. The van der Waals surface area contributed by atoms with E-state index in [0.29, 0.717) is 11.8 Å². The van der Waals surface area contributed by atoms with Crippen molar-refractivity contribution in [3.63, 3.8) is 0 Å². The summed E-state index contributed by atoms with van der Waals surface area (Å²) in [6, 6.07) is 0. The second kappa shape index (κ2) is 4.99. The molecule has 0 aromatic rings. The van der Waals surface area contributed by atoms with Gasteiger partial charge >= 0.3 is 5.97 Å². The van der Waals surface area contributed by atoms with Crippen molar-refractivity contribution in [3.05, 3.63) is 0 Å². The average Bonchev–Trinajstić information content (AvgIpc) is 2.13. The predicted octanol–water partition coefficient (Wildman–Crippen LogP) is 4.09. The summed E-state index contributed by atoms with van der Waals surface area (Å²) in [7, 11) is 0. The fourth-order valence-corrected chi connectivity index (χ4v) is 4.58. The van der Waals surface area contributed by atoms with Crippen LogP contribution in [0.5, 0.6) is 0 Å². The number of fused-ring (bicyclic) bond motifs is 2. The molecule has 2 rings (SSSR count). The fourth-order valence-electron chi connectivity index (χ4n) is 4.58. The lowest BCUT2D eigenvalue weighted by molar-refractivity contribution is -0.137. The maximum atomic E-state index is 10.6. The molecule has 1 N–H and O–H groups in total. The van der Waals surface area contributed by atoms with Crippen LogP contribution in [0.15, 0.2) is 0 Å². The van der Waals surface area contributed by atoms with E-state index in [1.165, 1.54) is 32.1 Å². The molecule has 0 aromatic heterocycles. The predicted molar refractivity (Wildman–Crippen MR) is 68.8 cm³/mol. The van der Waals surface area contributed by atoms with Gasteiger partial charge < -0.3 is 5.11 Å². The van der Waals surface area contributed by atoms with E-state index in [9.17, 15) is 4.79 Å². The van der Waals surface area contributed by atoms with Gasteiger partial charge in [0, 0.05) is 6.42 Å². The van der Waals surface area contributed by atoms with Gasteiger partial charge in [-0.25, -0.2) is 0 Å². The molecule has 2 nitrogen and oxygen atoms in total. The SMILES string of the molecule is CC1CC2CC(C1)CC(C)(CCCC(=O)O)C2. The van der Waals surface area contributed by atoms with Gasteiger partial charge in [-0.3, -0.25) is 4.79 Å². The molecule has 0 radical (unpaired) electrons. The minimum absolute atomic E-state index is 0.349. The van der Waals surface area contributed by atoms with E-state index in [-0.39, 0.29) is 0 Å². The molecule has 2 unspecified atom stereocenters. The molecule has 2 aliphatic rings. The van der Waals surface area contributed by atoms with Crippen LogP contribution in [0, 0.1) is 23.2 Å². The molecule has 2 saturated carbocycles. The summed E-state index contributed by atoms with van der Waals surface area (Å²) >= 11 is 0. The Morgan fingerprint density at radius 2 is 1.82 bits per heavy atom. The Hall–Kier alpha value is -0.530. The minimum atomic E-state index is -0.641. The van der Waals surface area contributed by atoms with Gasteiger partial charge in [-0.2, -0.15) is 0 Å². The molecule has 0 spiro atoms. The Bertz CT molecular complexity index is 267. The first-order chi connectivity index (χ1) is 7.97. The van der Waals surface area contributed by atoms with E-state index in [2.05, 4.69) is 13.8 Å². The third kappa shape index (κ3) is 3.46. The van der Waals surface area contributed by atoms with E-state index in [1.54, 1.807) is 0 Å². The van der Waals surface area contributed by atoms with Crippen molar-refractivity contribution in [2.24, 2.45) is 23.2 Å². The minimum Gasteiger partial charge on any atom is -0.481 e. The van der Waals surface area contributed by atoms with E-state index >= 15 is 0 Å². The third-order valence-corrected chi connectivity index (χ3v) is 4.87. The van der Waals surface area contributed by atoms with Crippen LogP contribution >= 0.6 is 0 Å². The summed E-state index contributed by atoms with van der Waals surface area (Å²) in [5, 5.41) is 8.72. The zero-order valence-electron chi connectivity index (χ0n) is 11.2. The van der Waals surface area contributed by atoms with Gasteiger partial charge in [0.2, 0.25) is 0 Å². The third-order valence-electron chi connectivity index (χ3n) is 4.87. The van der Waals surface area contributed by atoms with Crippen molar-refractivity contribution < 1.29 is 9.90 Å². The summed E-state index contributed by atoms with van der Waals surface area (Å²) in [5.41, 5.74) is 0.434. The van der Waals surface area contributed by atoms with Crippen LogP contribution in [0.25, 0.3) is 0 Å². The Labute approximate surface area is 105 Å². The zero-order chi connectivity index (χ0) is 12.5. The second-order valence-corrected chi connectivity index (χ2v) is 7.01. The topological polar surface area (TPSA) is 37.3 Å². The Kier molecular flexibility index (Phi) is 3.79. The number of rotatable bonds is 4. The van der Waals surface area contributed by atoms with E-state index in [0.717, 1.165) is 30.6 Å². The first kappa shape index (κ1) is 12.9. The number of carboxylic acids is 1. The standard InChI is InChI=1S/C15H26O2/c1-11-6-12-8-13(7-11)10-15(2,9-12)5-3-4-14(16)17/h11-13H,3-10H2,1-2H3,(H,16,17). The van der Waals surface area contributed by atoms with Crippen LogP contribution in [0.2, 0.25) is 0 Å². The average molecular weight is 238 g/mol. The molecule has 98 valence electrons. The maximum absolute atomic E-state index is 10.6. The van der Waals surface area contributed by atoms with Crippen LogP contribution in [0.3, 0.4) is 0 Å². The lowest BCUT2D eigenvalue weighted by Gasteiger charge is -2.47. The summed E-state index contributed by atoms with van der Waals surface area (Å²) in [4.78, 5) is 10.6. The first-order valence-electron chi connectivity index (χ1n) is 7.19. The smallest absolute Gasteiger partial charge is 0.303 e. The Balaban J connectivity index is 1.87. The molecular formula is C15H26O2. The zero-order valence-corrected chi connectivity index (χ0v) is 11.2. The first-order valence-corrected chi connectivity index (χ1v) is 7.19. The lowest BCUT2D eigenvalue weighted by Crippen LogP contribution is -2.36. The van der Waals surface area contributed by atoms with Gasteiger partial charge in [0.15, 0.2) is 0 Å². The van der Waals surface area contributed by atoms with Crippen molar-refractivity contribution in [3.8, 4) is 0 Å². The normalized spacial score (nSPS) is 41.2. The van der Waals surface area contributed by atoms with Crippen molar-refractivity contribution in [1.29, 1.82) is 0 Å². The number of carboxylic acid groups (broad SMARTS) is 1. The molecule has 2 aliphatic carbocycles. The van der Waals surface area contributed by atoms with Crippen molar-refractivity contribution >= 4 is 5.97 Å². The summed E-state index contributed by atoms with van der Waals surface area (Å²) in [6.45, 7) is 4.79. The highest BCUT2D eigenvalue weighted by molar-refractivity contribution is 5.66. The largest absolute Gasteiger partial charge is 0.481 e. The Morgan fingerprint density at radius 1 is 1.24 bits per heavy atom. The monoisotopic (exact) mass is 238 g/mol. The highest BCUT2D eigenvalue weighted by Gasteiger charge is 2.40. The number of hydrogen-bond donors (Lipinski definition) is 1. The summed E-state index contributed by atoms with van der Waals surface area (Å²) < 4.78 is 0. The van der Waals surface area contributed by atoms with Crippen molar-refractivity contribution in [2.45, 2.75) is 65.2 Å². The van der Waals surface area contributed by atoms with Crippen LogP contribution in [-0.4, -0.2) is 11.1 Å². The molecular weight excluding hydrogens is 212 g/mol. The molecule has 0 heterocycles. The Morgan fingerprint density at radius 3 is 2.35 bits per heavy atom. The molecule has 0 aromatic carbocycles. The van der Waals surface area contributed by atoms with Crippen LogP contribution in [-0.2, 0) is 4.79 Å². The molecule has 0 aliphatic heterocycles. The van der Waals surface area contributed by atoms with Gasteiger partial charge in [-0.1, -0.05) is 13.8 Å². The van der Waals surface area contributed by atoms with Crippen LogP contribution in [0.4, 0.5) is 0 Å². The molecule has 0 saturated heterocycles. The van der Waals surface area contributed by atoms with Gasteiger partial charge in [-0.05, 0) is 68.1 Å². The van der Waals surface area contributed by atoms with Gasteiger partial charge in [0.05, 0.1) is 0 Å². The molecule has 2 heteroatoms. The highest BCUT2D eigenvalue weighted by Crippen LogP contribution is 2.52. The fraction of sp³-hybridized carbons (Fsp3) is 0.933. The van der Waals surface area contributed by atoms with Crippen LogP contribution < -0.4 is 0 Å². The van der Waals surface area contributed by atoms with E-state index in [4.69, 9.17) is 5.11 Å². The van der Waals surface area contributed by atoms with Crippen LogP contribution in [0.1, 0.15) is 65.2 Å². The lowest BCUT2D eigenvalue weighted by atomic mass is 9.58. The van der Waals surface area contributed by atoms with E-state index < -0.39 is 5.97 Å². The number of hydrogen-bond acceptors (Lipinski definition) is 1. The molecule has 0 amide bonds. The van der Waals surface area contributed by atoms with Crippen molar-refractivity contribution in [1.82, 2.24) is 0 Å². The highest BCUT2D eigenvalue weighted by atomic mass is 16.4. The molecule has 2 atom stereocenters. The van der Waals surface area contributed by atoms with Gasteiger partial charge in [-0.15, -0.1) is 0 Å². The molecule has 17 heavy (non-hydrogen) atoms. The second-order valence-electron chi connectivity index (χ2n) is 7.01.